The van der Waals surface area contributed by atoms with Crippen molar-refractivity contribution in [2.45, 2.75) is 44.7 Å². The number of amides is 2. The van der Waals surface area contributed by atoms with Gasteiger partial charge in [0.05, 0.1) is 15.6 Å². The minimum absolute atomic E-state index is 0.0215. The molecule has 1 aliphatic carbocycles. The molecule has 3 fully saturated rings. The highest BCUT2D eigenvalue weighted by molar-refractivity contribution is 6.42. The Balaban J connectivity index is 1.26. The largest absolute Gasteiger partial charge is 0.417 e. The Hall–Kier alpha value is -2.52. The molecule has 39 heavy (non-hydrogen) atoms. The number of pyridine rings is 1. The summed E-state index contributed by atoms with van der Waals surface area (Å²) in [6.07, 6.45) is -0.474. The van der Waals surface area contributed by atoms with E-state index < -0.39 is 11.7 Å². The molecule has 6 nitrogen and oxygen atoms in total. The Morgan fingerprint density at radius 3 is 2.36 bits per heavy atom. The number of likely N-dealkylation sites (tertiary alicyclic amines) is 2. The van der Waals surface area contributed by atoms with E-state index in [2.05, 4.69) is 10.3 Å². The number of piperidine rings is 1. The van der Waals surface area contributed by atoms with Crippen molar-refractivity contribution in [2.24, 2.45) is 17.3 Å². The number of carbonyl (C=O) groups is 2. The topological polar surface area (TPSA) is 65.5 Å². The first-order valence-electron chi connectivity index (χ1n) is 13.2. The predicted octanol–water partition coefficient (Wildman–Crippen LogP) is 6.10. The molecule has 2 unspecified atom stereocenters. The smallest absolute Gasteiger partial charge is 0.370 e. The van der Waals surface area contributed by atoms with E-state index in [0.717, 1.165) is 30.7 Å². The maximum absolute atomic E-state index is 13.6. The lowest BCUT2D eigenvalue weighted by atomic mass is 9.89. The van der Waals surface area contributed by atoms with Crippen LogP contribution in [0.1, 0.15) is 49.7 Å². The van der Waals surface area contributed by atoms with Gasteiger partial charge >= 0.3 is 6.18 Å². The molecule has 2 atom stereocenters. The standard InChI is InChI=1S/C28H31Cl2F3N4O2/c1-27(8-9-27)26(39)36-10-6-17(7-11-36)25(38)37-15-19(21(16-37)18-2-4-22(29)23(30)12-18)13-34-24-5-3-20(14-35-24)28(31,32)33/h2-5,12,14,17,19,21H,6-11,13,15-16H2,1H3,(H,34,35). The molecule has 1 aromatic heterocycles. The Bertz CT molecular complexity index is 1230. The molecule has 3 aliphatic rings. The van der Waals surface area contributed by atoms with Crippen LogP contribution in [0.15, 0.2) is 36.5 Å². The Labute approximate surface area is 235 Å². The molecule has 2 aromatic rings. The first-order valence-corrected chi connectivity index (χ1v) is 14.0. The molecule has 1 N–H and O–H groups in total. The lowest BCUT2D eigenvalue weighted by Gasteiger charge is -2.34. The van der Waals surface area contributed by atoms with Gasteiger partial charge in [0.2, 0.25) is 11.8 Å². The van der Waals surface area contributed by atoms with Crippen molar-refractivity contribution in [1.82, 2.24) is 14.8 Å². The van der Waals surface area contributed by atoms with Crippen molar-refractivity contribution in [3.8, 4) is 0 Å². The third kappa shape index (κ3) is 6.14. The Kier molecular flexibility index (Phi) is 7.76. The zero-order valence-electron chi connectivity index (χ0n) is 21.6. The second-order valence-corrected chi connectivity index (χ2v) is 12.0. The number of halogens is 5. The molecule has 0 spiro atoms. The SMILES string of the molecule is CC1(C(=O)N2CCC(C(=O)N3CC(CNc4ccc(C(F)(F)F)cn4)C(c4ccc(Cl)c(Cl)c4)C3)CC2)CC1. The fourth-order valence-electron chi connectivity index (χ4n) is 5.65. The van der Waals surface area contributed by atoms with E-state index >= 15 is 0 Å². The van der Waals surface area contributed by atoms with Crippen LogP contribution in [0.5, 0.6) is 0 Å². The fraction of sp³-hybridized carbons (Fsp3) is 0.536. The molecular weight excluding hydrogens is 552 g/mol. The summed E-state index contributed by atoms with van der Waals surface area (Å²) >= 11 is 12.4. The van der Waals surface area contributed by atoms with Gasteiger partial charge in [-0.15, -0.1) is 0 Å². The molecule has 3 heterocycles. The predicted molar refractivity (Wildman–Crippen MR) is 144 cm³/mol. The van der Waals surface area contributed by atoms with Crippen molar-refractivity contribution >= 4 is 40.8 Å². The highest BCUT2D eigenvalue weighted by atomic mass is 35.5. The van der Waals surface area contributed by atoms with Crippen molar-refractivity contribution in [2.75, 3.05) is 38.0 Å². The first-order chi connectivity index (χ1) is 18.4. The number of rotatable bonds is 6. The molecule has 11 heteroatoms. The third-order valence-corrected chi connectivity index (χ3v) is 9.15. The van der Waals surface area contributed by atoms with Gasteiger partial charge in [0, 0.05) is 62.1 Å². The summed E-state index contributed by atoms with van der Waals surface area (Å²) in [5.41, 5.74) is -0.0654. The van der Waals surface area contributed by atoms with E-state index in [-0.39, 0.29) is 35.0 Å². The molecule has 0 bridgehead atoms. The van der Waals surface area contributed by atoms with Crippen molar-refractivity contribution in [3.05, 3.63) is 57.7 Å². The number of alkyl halides is 3. The zero-order valence-corrected chi connectivity index (χ0v) is 23.1. The molecule has 1 aromatic carbocycles. The van der Waals surface area contributed by atoms with Gasteiger partial charge in [-0.3, -0.25) is 9.59 Å². The van der Waals surface area contributed by atoms with Crippen LogP contribution in [0, 0.1) is 17.3 Å². The monoisotopic (exact) mass is 582 g/mol. The highest BCUT2D eigenvalue weighted by Gasteiger charge is 2.48. The molecular formula is C28H31Cl2F3N4O2. The highest BCUT2D eigenvalue weighted by Crippen LogP contribution is 2.47. The van der Waals surface area contributed by atoms with Gasteiger partial charge in [-0.25, -0.2) is 4.98 Å². The number of hydrogen-bond donors (Lipinski definition) is 1. The van der Waals surface area contributed by atoms with Crippen LogP contribution in [0.25, 0.3) is 0 Å². The molecule has 0 radical (unpaired) electrons. The van der Waals surface area contributed by atoms with Crippen molar-refractivity contribution in [3.63, 3.8) is 0 Å². The summed E-state index contributed by atoms with van der Waals surface area (Å²) < 4.78 is 38.7. The summed E-state index contributed by atoms with van der Waals surface area (Å²) in [6.45, 7) is 4.61. The average molecular weight is 583 g/mol. The van der Waals surface area contributed by atoms with E-state index in [1.165, 1.54) is 6.07 Å². The average Bonchev–Trinajstić information content (AvgIpc) is 3.53. The second kappa shape index (κ2) is 10.8. The number of aromatic nitrogens is 1. The van der Waals surface area contributed by atoms with Crippen LogP contribution in [0.2, 0.25) is 10.0 Å². The van der Waals surface area contributed by atoms with Gasteiger partial charge in [-0.1, -0.05) is 36.2 Å². The number of hydrogen-bond acceptors (Lipinski definition) is 4. The van der Waals surface area contributed by atoms with Gasteiger partial charge in [-0.05, 0) is 55.5 Å². The number of anilines is 1. The minimum Gasteiger partial charge on any atom is -0.370 e. The Morgan fingerprint density at radius 1 is 1.05 bits per heavy atom. The van der Waals surface area contributed by atoms with Crippen LogP contribution in [-0.4, -0.2) is 59.3 Å². The molecule has 2 amide bonds. The summed E-state index contributed by atoms with van der Waals surface area (Å²) in [4.78, 5) is 34.0. The van der Waals surface area contributed by atoms with Crippen LogP contribution in [-0.2, 0) is 15.8 Å². The first kappa shape index (κ1) is 28.0. The molecule has 210 valence electrons. The maximum atomic E-state index is 13.6. The minimum atomic E-state index is -4.45. The van der Waals surface area contributed by atoms with Crippen molar-refractivity contribution in [1.29, 1.82) is 0 Å². The quantitative estimate of drug-likeness (QED) is 0.447. The maximum Gasteiger partial charge on any atom is 0.417 e. The van der Waals surface area contributed by atoms with Gasteiger partial charge in [0.25, 0.3) is 0 Å². The Morgan fingerprint density at radius 2 is 1.77 bits per heavy atom. The molecule has 2 aliphatic heterocycles. The fourth-order valence-corrected chi connectivity index (χ4v) is 5.96. The molecule has 1 saturated carbocycles. The van der Waals surface area contributed by atoms with Gasteiger partial charge in [0.15, 0.2) is 0 Å². The van der Waals surface area contributed by atoms with Crippen LogP contribution in [0.3, 0.4) is 0 Å². The third-order valence-electron chi connectivity index (χ3n) is 8.41. The second-order valence-electron chi connectivity index (χ2n) is 11.2. The van der Waals surface area contributed by atoms with E-state index in [4.69, 9.17) is 23.2 Å². The summed E-state index contributed by atoms with van der Waals surface area (Å²) in [5, 5.41) is 4.02. The number of nitrogens with zero attached hydrogens (tertiary/aromatic N) is 3. The van der Waals surface area contributed by atoms with Crippen LogP contribution in [0.4, 0.5) is 19.0 Å². The van der Waals surface area contributed by atoms with Gasteiger partial charge in [-0.2, -0.15) is 13.2 Å². The normalized spacial score (nSPS) is 23.1. The van der Waals surface area contributed by atoms with E-state index in [1.54, 1.807) is 6.07 Å². The zero-order chi connectivity index (χ0) is 27.9. The van der Waals surface area contributed by atoms with E-state index in [9.17, 15) is 22.8 Å². The van der Waals surface area contributed by atoms with Crippen LogP contribution >= 0.6 is 23.2 Å². The molecule has 2 saturated heterocycles. The molecule has 5 rings (SSSR count). The van der Waals surface area contributed by atoms with Crippen LogP contribution < -0.4 is 5.32 Å². The van der Waals surface area contributed by atoms with E-state index in [0.29, 0.717) is 61.4 Å². The summed E-state index contributed by atoms with van der Waals surface area (Å²) in [5.74, 6) is 0.423. The number of benzene rings is 1. The number of carbonyl (C=O) groups excluding carboxylic acids is 2. The van der Waals surface area contributed by atoms with E-state index in [1.807, 2.05) is 28.9 Å². The summed E-state index contributed by atoms with van der Waals surface area (Å²) in [7, 11) is 0. The van der Waals surface area contributed by atoms with Gasteiger partial charge < -0.3 is 15.1 Å². The van der Waals surface area contributed by atoms with Crippen molar-refractivity contribution < 1.29 is 22.8 Å². The summed E-state index contributed by atoms with van der Waals surface area (Å²) in [6, 6.07) is 7.76. The van der Waals surface area contributed by atoms with Gasteiger partial charge in [0.1, 0.15) is 5.82 Å². The lowest BCUT2D eigenvalue weighted by molar-refractivity contribution is -0.142. The number of nitrogens with one attached hydrogen (secondary N) is 1. The lowest BCUT2D eigenvalue weighted by Crippen LogP contribution is -2.45.